The zero-order chi connectivity index (χ0) is 11.2. The Hall–Kier alpha value is -0.290. The van der Waals surface area contributed by atoms with Gasteiger partial charge in [0.2, 0.25) is 0 Å². The first-order chi connectivity index (χ1) is 7.84. The van der Waals surface area contributed by atoms with Gasteiger partial charge in [-0.15, -0.1) is 0 Å². The lowest BCUT2D eigenvalue weighted by atomic mass is 10.3. The summed E-state index contributed by atoms with van der Waals surface area (Å²) < 4.78 is 6.95. The van der Waals surface area contributed by atoms with Gasteiger partial charge in [0.1, 0.15) is 5.75 Å². The molecule has 0 unspecified atom stereocenters. The van der Waals surface area contributed by atoms with E-state index in [-0.39, 0.29) is 0 Å². The van der Waals surface area contributed by atoms with E-state index in [1.165, 1.54) is 36.0 Å². The first-order valence-corrected chi connectivity index (χ1v) is 7.03. The lowest BCUT2D eigenvalue weighted by Gasteiger charge is -2.14. The predicted molar refractivity (Wildman–Crippen MR) is 74.9 cm³/mol. The van der Waals surface area contributed by atoms with Crippen LogP contribution in [-0.4, -0.2) is 31.1 Å². The smallest absolute Gasteiger partial charge is 0.120 e. The average Bonchev–Trinajstić information content (AvgIpc) is 2.77. The fraction of sp³-hybridized carbons (Fsp3) is 0.538. The van der Waals surface area contributed by atoms with Crippen LogP contribution in [0.5, 0.6) is 5.75 Å². The molecule has 0 N–H and O–H groups in total. The van der Waals surface area contributed by atoms with E-state index in [2.05, 4.69) is 39.6 Å². The molecule has 0 aromatic heterocycles. The Morgan fingerprint density at radius 1 is 1.25 bits per heavy atom. The zero-order valence-electron chi connectivity index (χ0n) is 9.49. The third kappa shape index (κ3) is 3.94. The van der Waals surface area contributed by atoms with E-state index in [0.717, 1.165) is 18.8 Å². The lowest BCUT2D eigenvalue weighted by molar-refractivity contribution is 0.263. The third-order valence-corrected chi connectivity index (χ3v) is 3.55. The molecule has 1 aromatic carbocycles. The highest BCUT2D eigenvalue weighted by molar-refractivity contribution is 14.1. The van der Waals surface area contributed by atoms with Crippen LogP contribution in [0.1, 0.15) is 19.3 Å². The maximum absolute atomic E-state index is 5.72. The van der Waals surface area contributed by atoms with Crippen LogP contribution in [0.15, 0.2) is 24.3 Å². The lowest BCUT2D eigenvalue weighted by Crippen LogP contribution is -2.21. The van der Waals surface area contributed by atoms with E-state index in [1.54, 1.807) is 0 Å². The summed E-state index contributed by atoms with van der Waals surface area (Å²) in [6.45, 7) is 4.58. The van der Waals surface area contributed by atoms with Crippen molar-refractivity contribution in [1.82, 2.24) is 4.90 Å². The molecule has 0 saturated carbocycles. The van der Waals surface area contributed by atoms with E-state index in [1.807, 2.05) is 12.1 Å². The second-order valence-electron chi connectivity index (χ2n) is 4.21. The van der Waals surface area contributed by atoms with Crippen molar-refractivity contribution in [1.29, 1.82) is 0 Å². The number of ether oxygens (including phenoxy) is 1. The second-order valence-corrected chi connectivity index (χ2v) is 5.45. The Labute approximate surface area is 111 Å². The van der Waals surface area contributed by atoms with Gasteiger partial charge < -0.3 is 9.64 Å². The Bertz CT molecular complexity index is 323. The van der Waals surface area contributed by atoms with Crippen molar-refractivity contribution in [2.45, 2.75) is 19.3 Å². The van der Waals surface area contributed by atoms with E-state index in [4.69, 9.17) is 4.74 Å². The molecule has 3 heteroatoms. The molecule has 0 atom stereocenters. The number of benzene rings is 1. The topological polar surface area (TPSA) is 12.5 Å². The summed E-state index contributed by atoms with van der Waals surface area (Å²) in [5.74, 6) is 0.994. The standard InChI is InChI=1S/C13H18INO/c14-12-5-3-6-13(11-12)16-10-4-9-15-7-1-2-8-15/h3,5-6,11H,1-2,4,7-10H2. The highest BCUT2D eigenvalue weighted by Gasteiger charge is 2.10. The molecule has 0 aliphatic carbocycles. The molecule has 88 valence electrons. The molecule has 1 heterocycles. The molecule has 0 radical (unpaired) electrons. The van der Waals surface area contributed by atoms with Gasteiger partial charge in [-0.2, -0.15) is 0 Å². The molecule has 1 aliphatic rings. The molecule has 1 fully saturated rings. The summed E-state index contributed by atoms with van der Waals surface area (Å²) in [4.78, 5) is 2.53. The minimum Gasteiger partial charge on any atom is -0.494 e. The van der Waals surface area contributed by atoms with Crippen LogP contribution in [0.2, 0.25) is 0 Å². The molecule has 2 nitrogen and oxygen atoms in total. The first kappa shape index (κ1) is 12.2. The number of halogens is 1. The summed E-state index contributed by atoms with van der Waals surface area (Å²) in [5.41, 5.74) is 0. The molecule has 2 rings (SSSR count). The minimum absolute atomic E-state index is 0.830. The summed E-state index contributed by atoms with van der Waals surface area (Å²) in [7, 11) is 0. The van der Waals surface area contributed by atoms with Gasteiger partial charge in [-0.25, -0.2) is 0 Å². The van der Waals surface area contributed by atoms with Crippen molar-refractivity contribution in [3.05, 3.63) is 27.8 Å². The molecule has 1 aromatic rings. The zero-order valence-corrected chi connectivity index (χ0v) is 11.7. The molecular weight excluding hydrogens is 313 g/mol. The summed E-state index contributed by atoms with van der Waals surface area (Å²) >= 11 is 2.31. The maximum atomic E-state index is 5.72. The van der Waals surface area contributed by atoms with Crippen molar-refractivity contribution in [3.8, 4) is 5.75 Å². The van der Waals surface area contributed by atoms with Gasteiger partial charge in [-0.1, -0.05) is 6.07 Å². The van der Waals surface area contributed by atoms with Crippen LogP contribution in [-0.2, 0) is 0 Å². The molecule has 1 saturated heterocycles. The Morgan fingerprint density at radius 2 is 2.06 bits per heavy atom. The molecule has 1 aliphatic heterocycles. The van der Waals surface area contributed by atoms with Crippen molar-refractivity contribution < 1.29 is 4.74 Å². The Balaban J connectivity index is 1.64. The van der Waals surface area contributed by atoms with Crippen LogP contribution in [0.25, 0.3) is 0 Å². The van der Waals surface area contributed by atoms with Gasteiger partial charge in [0.25, 0.3) is 0 Å². The fourth-order valence-corrected chi connectivity index (χ4v) is 2.56. The Kier molecular flexibility index (Phi) is 4.91. The SMILES string of the molecule is Ic1cccc(OCCCN2CCCC2)c1. The van der Waals surface area contributed by atoms with Crippen LogP contribution >= 0.6 is 22.6 Å². The average molecular weight is 331 g/mol. The van der Waals surface area contributed by atoms with Gasteiger partial charge >= 0.3 is 0 Å². The van der Waals surface area contributed by atoms with Crippen LogP contribution in [0.4, 0.5) is 0 Å². The van der Waals surface area contributed by atoms with Crippen LogP contribution < -0.4 is 4.74 Å². The summed E-state index contributed by atoms with van der Waals surface area (Å²) in [6.07, 6.45) is 3.88. The Morgan fingerprint density at radius 3 is 2.81 bits per heavy atom. The van der Waals surface area contributed by atoms with Gasteiger partial charge in [0.05, 0.1) is 6.61 Å². The number of nitrogens with zero attached hydrogens (tertiary/aromatic N) is 1. The van der Waals surface area contributed by atoms with Crippen molar-refractivity contribution >= 4 is 22.6 Å². The number of hydrogen-bond acceptors (Lipinski definition) is 2. The van der Waals surface area contributed by atoms with E-state index < -0.39 is 0 Å². The number of likely N-dealkylation sites (tertiary alicyclic amines) is 1. The van der Waals surface area contributed by atoms with Crippen LogP contribution in [0, 0.1) is 3.57 Å². The minimum atomic E-state index is 0.830. The highest BCUT2D eigenvalue weighted by atomic mass is 127. The van der Waals surface area contributed by atoms with E-state index >= 15 is 0 Å². The molecule has 0 bridgehead atoms. The first-order valence-electron chi connectivity index (χ1n) is 5.95. The third-order valence-electron chi connectivity index (χ3n) is 2.88. The highest BCUT2D eigenvalue weighted by Crippen LogP contribution is 2.15. The van der Waals surface area contributed by atoms with Gasteiger partial charge in [0.15, 0.2) is 0 Å². The maximum Gasteiger partial charge on any atom is 0.120 e. The van der Waals surface area contributed by atoms with Crippen LogP contribution in [0.3, 0.4) is 0 Å². The van der Waals surface area contributed by atoms with E-state index in [0.29, 0.717) is 0 Å². The van der Waals surface area contributed by atoms with Crippen molar-refractivity contribution in [2.75, 3.05) is 26.2 Å². The normalized spacial score (nSPS) is 16.6. The van der Waals surface area contributed by atoms with Gasteiger partial charge in [-0.3, -0.25) is 0 Å². The molecule has 0 amide bonds. The fourth-order valence-electron chi connectivity index (χ4n) is 2.04. The van der Waals surface area contributed by atoms with Gasteiger partial charge in [-0.05, 0) is 73.1 Å². The van der Waals surface area contributed by atoms with Gasteiger partial charge in [0, 0.05) is 10.1 Å². The quantitative estimate of drug-likeness (QED) is 0.607. The monoisotopic (exact) mass is 331 g/mol. The molecular formula is C13H18INO. The molecule has 16 heavy (non-hydrogen) atoms. The van der Waals surface area contributed by atoms with E-state index in [9.17, 15) is 0 Å². The van der Waals surface area contributed by atoms with Crippen molar-refractivity contribution in [2.24, 2.45) is 0 Å². The van der Waals surface area contributed by atoms with Crippen molar-refractivity contribution in [3.63, 3.8) is 0 Å². The second kappa shape index (κ2) is 6.45. The predicted octanol–water partition coefficient (Wildman–Crippen LogP) is 3.16. The molecule has 0 spiro atoms. The summed E-state index contributed by atoms with van der Waals surface area (Å²) in [6, 6.07) is 8.23. The number of hydrogen-bond donors (Lipinski definition) is 0. The number of rotatable bonds is 5. The largest absolute Gasteiger partial charge is 0.494 e. The summed E-state index contributed by atoms with van der Waals surface area (Å²) in [5, 5.41) is 0.